The van der Waals surface area contributed by atoms with Crippen LogP contribution in [0.2, 0.25) is 0 Å². The molecule has 0 saturated carbocycles. The number of rotatable bonds is 3. The molecule has 5 N–H and O–H groups in total. The molecule has 0 atom stereocenters. The summed E-state index contributed by atoms with van der Waals surface area (Å²) in [5, 5.41) is 7.87. The third-order valence-corrected chi connectivity index (χ3v) is 5.19. The molecule has 0 aliphatic carbocycles. The molecule has 8 nitrogen and oxygen atoms in total. The summed E-state index contributed by atoms with van der Waals surface area (Å²) >= 11 is 0. The number of nitrogens with zero attached hydrogens (tertiary/aromatic N) is 3. The van der Waals surface area contributed by atoms with E-state index in [1.54, 1.807) is 18.3 Å². The Labute approximate surface area is 166 Å². The quantitative estimate of drug-likeness (QED) is 0.315. The van der Waals surface area contributed by atoms with E-state index >= 15 is 0 Å². The topological polar surface area (TPSA) is 112 Å². The molecule has 4 aromatic rings. The van der Waals surface area contributed by atoms with E-state index in [1.165, 1.54) is 5.69 Å². The van der Waals surface area contributed by atoms with E-state index in [1.807, 2.05) is 18.2 Å². The van der Waals surface area contributed by atoms with Crippen LogP contribution in [0.25, 0.3) is 21.8 Å². The van der Waals surface area contributed by atoms with Gasteiger partial charge in [0.25, 0.3) is 5.56 Å². The molecule has 3 heterocycles. The molecular weight excluding hydrogens is 366 g/mol. The van der Waals surface area contributed by atoms with Gasteiger partial charge < -0.3 is 26.3 Å². The number of aromatic amines is 1. The zero-order valence-corrected chi connectivity index (χ0v) is 15.8. The Bertz CT molecular complexity index is 1240. The number of H-pyrrole nitrogens is 1. The fourth-order valence-corrected chi connectivity index (χ4v) is 3.69. The Balaban J connectivity index is 1.46. The highest BCUT2D eigenvalue weighted by atomic mass is 16.1. The molecule has 0 radical (unpaired) electrons. The third kappa shape index (κ3) is 3.34. The lowest BCUT2D eigenvalue weighted by Crippen LogP contribution is -2.43. The number of nitrogen functional groups attached to an aromatic ring is 1. The fourth-order valence-electron chi connectivity index (χ4n) is 3.69. The predicted octanol–water partition coefficient (Wildman–Crippen LogP) is 2.21. The first-order chi connectivity index (χ1) is 14.2. The lowest BCUT2D eigenvalue weighted by Gasteiger charge is -2.29. The molecule has 1 saturated heterocycles. The highest BCUT2D eigenvalue weighted by molar-refractivity contribution is 6.03. The van der Waals surface area contributed by atoms with Crippen LogP contribution in [0.15, 0.2) is 53.5 Å². The lowest BCUT2D eigenvalue weighted by molar-refractivity contribution is 0.589. The van der Waals surface area contributed by atoms with E-state index in [0.717, 1.165) is 37.3 Å². The average Bonchev–Trinajstić information content (AvgIpc) is 2.75. The summed E-state index contributed by atoms with van der Waals surface area (Å²) < 4.78 is 0. The summed E-state index contributed by atoms with van der Waals surface area (Å²) in [6.45, 7) is 4.03. The highest BCUT2D eigenvalue weighted by Crippen LogP contribution is 2.24. The second-order valence-electron chi connectivity index (χ2n) is 7.12. The number of piperazine rings is 1. The summed E-state index contributed by atoms with van der Waals surface area (Å²) in [5.74, 6) is 0.470. The molecule has 0 bridgehead atoms. The van der Waals surface area contributed by atoms with Crippen LogP contribution in [0, 0.1) is 0 Å². The first-order valence-electron chi connectivity index (χ1n) is 9.58. The Kier molecular flexibility index (Phi) is 4.25. The third-order valence-electron chi connectivity index (χ3n) is 5.19. The van der Waals surface area contributed by atoms with Crippen molar-refractivity contribution in [2.45, 2.75) is 0 Å². The number of fused-ring (bicyclic) bond motifs is 3. The van der Waals surface area contributed by atoms with E-state index in [0.29, 0.717) is 28.1 Å². The molecule has 8 heteroatoms. The minimum atomic E-state index is -0.201. The maximum Gasteiger partial charge on any atom is 0.256 e. The molecule has 29 heavy (non-hydrogen) atoms. The summed E-state index contributed by atoms with van der Waals surface area (Å²) in [4.78, 5) is 26.4. The number of nitrogens with two attached hydrogens (primary N) is 1. The van der Waals surface area contributed by atoms with E-state index in [9.17, 15) is 4.79 Å². The van der Waals surface area contributed by atoms with Crippen molar-refractivity contribution in [3.63, 3.8) is 0 Å². The van der Waals surface area contributed by atoms with Crippen LogP contribution in [-0.4, -0.2) is 41.1 Å². The summed E-state index contributed by atoms with van der Waals surface area (Å²) in [6, 6.07) is 13.5. The Morgan fingerprint density at radius 1 is 1.03 bits per heavy atom. The normalized spacial score (nSPS) is 14.4. The monoisotopic (exact) mass is 387 g/mol. The molecule has 0 amide bonds. The number of hydrogen-bond donors (Lipinski definition) is 4. The van der Waals surface area contributed by atoms with Gasteiger partial charge >= 0.3 is 0 Å². The SMILES string of the molecule is Nc1ccc2c(c1)c(=O)[nH]c1cnc(Nc3ccc(N4CCNCC4)cc3)nc12. The predicted molar refractivity (Wildman–Crippen MR) is 117 cm³/mol. The zero-order chi connectivity index (χ0) is 19.8. The second kappa shape index (κ2) is 7.06. The van der Waals surface area contributed by atoms with Crippen LogP contribution in [0.5, 0.6) is 0 Å². The zero-order valence-electron chi connectivity index (χ0n) is 15.8. The number of benzene rings is 2. The maximum absolute atomic E-state index is 12.3. The molecule has 5 rings (SSSR count). The van der Waals surface area contributed by atoms with Gasteiger partial charge in [-0.05, 0) is 42.5 Å². The van der Waals surface area contributed by atoms with Crippen molar-refractivity contribution in [1.29, 1.82) is 0 Å². The Morgan fingerprint density at radius 2 is 1.83 bits per heavy atom. The van der Waals surface area contributed by atoms with Crippen molar-refractivity contribution in [2.24, 2.45) is 0 Å². The van der Waals surface area contributed by atoms with Gasteiger partial charge in [-0.2, -0.15) is 0 Å². The first kappa shape index (κ1) is 17.4. The van der Waals surface area contributed by atoms with Crippen LogP contribution in [-0.2, 0) is 0 Å². The molecule has 0 unspecified atom stereocenters. The van der Waals surface area contributed by atoms with Gasteiger partial charge in [0.05, 0.1) is 17.1 Å². The van der Waals surface area contributed by atoms with Crippen LogP contribution in [0.4, 0.5) is 23.0 Å². The van der Waals surface area contributed by atoms with Gasteiger partial charge in [0, 0.05) is 48.6 Å². The molecule has 2 aromatic carbocycles. The fraction of sp³-hybridized carbons (Fsp3) is 0.190. The number of nitrogens with one attached hydrogen (secondary N) is 3. The molecular formula is C21H21N7O. The van der Waals surface area contributed by atoms with Crippen LogP contribution < -0.4 is 26.8 Å². The number of hydrogen-bond acceptors (Lipinski definition) is 7. The van der Waals surface area contributed by atoms with E-state index < -0.39 is 0 Å². The minimum absolute atomic E-state index is 0.201. The molecule has 1 aliphatic heterocycles. The number of anilines is 4. The van der Waals surface area contributed by atoms with Crippen molar-refractivity contribution in [1.82, 2.24) is 20.3 Å². The van der Waals surface area contributed by atoms with Crippen molar-refractivity contribution < 1.29 is 0 Å². The van der Waals surface area contributed by atoms with E-state index in [2.05, 4.69) is 42.6 Å². The van der Waals surface area contributed by atoms with Crippen molar-refractivity contribution >= 4 is 44.8 Å². The number of aromatic nitrogens is 3. The first-order valence-corrected chi connectivity index (χ1v) is 9.58. The van der Waals surface area contributed by atoms with Crippen LogP contribution in [0.1, 0.15) is 0 Å². The number of pyridine rings is 1. The van der Waals surface area contributed by atoms with Gasteiger partial charge in [-0.1, -0.05) is 0 Å². The van der Waals surface area contributed by atoms with E-state index in [-0.39, 0.29) is 5.56 Å². The lowest BCUT2D eigenvalue weighted by atomic mass is 10.1. The largest absolute Gasteiger partial charge is 0.399 e. The van der Waals surface area contributed by atoms with Gasteiger partial charge in [-0.3, -0.25) is 4.79 Å². The summed E-state index contributed by atoms with van der Waals surface area (Å²) in [7, 11) is 0. The van der Waals surface area contributed by atoms with Crippen LogP contribution in [0.3, 0.4) is 0 Å². The summed E-state index contributed by atoms with van der Waals surface area (Å²) in [6.07, 6.45) is 1.62. The van der Waals surface area contributed by atoms with Crippen LogP contribution >= 0.6 is 0 Å². The van der Waals surface area contributed by atoms with Crippen molar-refractivity contribution in [2.75, 3.05) is 42.1 Å². The van der Waals surface area contributed by atoms with Gasteiger partial charge in [0.2, 0.25) is 5.95 Å². The van der Waals surface area contributed by atoms with E-state index in [4.69, 9.17) is 5.73 Å². The average molecular weight is 387 g/mol. The standard InChI is InChI=1S/C21H21N7O/c22-13-1-6-16-17(11-13)20(29)26-18-12-24-21(27-19(16)18)25-14-2-4-15(5-3-14)28-9-7-23-8-10-28/h1-6,11-12,23H,7-10,22H2,(H,26,29)(H,24,25,27). The van der Waals surface area contributed by atoms with Gasteiger partial charge in [-0.25, -0.2) is 9.97 Å². The second-order valence-corrected chi connectivity index (χ2v) is 7.12. The van der Waals surface area contributed by atoms with Crippen molar-refractivity contribution in [3.05, 3.63) is 59.0 Å². The smallest absolute Gasteiger partial charge is 0.256 e. The summed E-state index contributed by atoms with van der Waals surface area (Å²) in [5.41, 5.74) is 9.55. The molecule has 1 fully saturated rings. The molecule has 0 spiro atoms. The van der Waals surface area contributed by atoms with Gasteiger partial charge in [0.15, 0.2) is 0 Å². The molecule has 1 aliphatic rings. The maximum atomic E-state index is 12.3. The van der Waals surface area contributed by atoms with Gasteiger partial charge in [0.1, 0.15) is 5.52 Å². The molecule has 2 aromatic heterocycles. The van der Waals surface area contributed by atoms with Crippen molar-refractivity contribution in [3.8, 4) is 0 Å². The Hall–Kier alpha value is -3.65. The van der Waals surface area contributed by atoms with Gasteiger partial charge in [-0.15, -0.1) is 0 Å². The minimum Gasteiger partial charge on any atom is -0.399 e. The highest BCUT2D eigenvalue weighted by Gasteiger charge is 2.11. The Morgan fingerprint density at radius 3 is 2.62 bits per heavy atom. The molecule has 146 valence electrons.